The summed E-state index contributed by atoms with van der Waals surface area (Å²) in [5.74, 6) is -7.92. The van der Waals surface area contributed by atoms with Crippen molar-refractivity contribution in [3.05, 3.63) is 0 Å². The number of halogens is 5. The lowest BCUT2D eigenvalue weighted by atomic mass is 10.3. The topological polar surface area (TPSA) is 26.3 Å². The lowest BCUT2D eigenvalue weighted by Gasteiger charge is -2.16. The lowest BCUT2D eigenvalue weighted by molar-refractivity contribution is -0.276. The predicted octanol–water partition coefficient (Wildman–Crippen LogP) is 0.00760. The van der Waals surface area contributed by atoms with Crippen molar-refractivity contribution in [1.82, 2.24) is 0 Å². The van der Waals surface area contributed by atoms with Crippen LogP contribution in [0.5, 0.6) is 0 Å². The van der Waals surface area contributed by atoms with E-state index in [1.807, 2.05) is 0 Å². The second-order valence-corrected chi connectivity index (χ2v) is 1.97. The van der Waals surface area contributed by atoms with Crippen LogP contribution in [0.1, 0.15) is 0 Å². The number of alkyl halides is 5. The van der Waals surface area contributed by atoms with E-state index in [2.05, 4.69) is 4.43 Å². The van der Waals surface area contributed by atoms with E-state index >= 15 is 0 Å². The molecule has 0 amide bonds. The predicted molar refractivity (Wildman–Crippen MR) is 27.0 cm³/mol. The highest BCUT2D eigenvalue weighted by Crippen LogP contribution is 2.35. The average Bonchev–Trinajstić information content (AvgIpc) is 1.83. The quantitative estimate of drug-likeness (QED) is 0.434. The van der Waals surface area contributed by atoms with E-state index in [0.717, 1.165) is 0 Å². The molecule has 0 aromatic carbocycles. The summed E-state index contributed by atoms with van der Waals surface area (Å²) >= 11 is 0. The minimum atomic E-state index is -5.87. The molecule has 0 atom stereocenters. The Labute approximate surface area is 60.9 Å². The summed E-state index contributed by atoms with van der Waals surface area (Å²) in [6.07, 6.45) is -5.87. The second-order valence-electron chi connectivity index (χ2n) is 1.56. The molecule has 0 spiro atoms. The normalized spacial score (nSPS) is 13.2. The molecule has 0 heterocycles. The van der Waals surface area contributed by atoms with Crippen LogP contribution in [-0.2, 0) is 9.22 Å². The number of carbonyl (C=O) groups is 1. The van der Waals surface area contributed by atoms with Gasteiger partial charge in [-0.25, -0.2) is 4.79 Å². The molecule has 0 rings (SSSR count). The summed E-state index contributed by atoms with van der Waals surface area (Å²) in [4.78, 5) is 9.82. The molecule has 0 N–H and O–H groups in total. The van der Waals surface area contributed by atoms with Gasteiger partial charge < -0.3 is 4.43 Å². The fourth-order valence-electron chi connectivity index (χ4n) is 0.244. The fraction of sp³-hybridized carbons (Fsp3) is 0.667. The molecular weight excluding hydrogens is 191 g/mol. The first-order chi connectivity index (χ1) is 4.73. The zero-order valence-corrected chi connectivity index (χ0v) is 7.21. The van der Waals surface area contributed by atoms with Gasteiger partial charge in [0.25, 0.3) is 0 Å². The fourth-order valence-corrected chi connectivity index (χ4v) is 0.500. The van der Waals surface area contributed by atoms with Crippen molar-refractivity contribution >= 4 is 16.5 Å². The van der Waals surface area contributed by atoms with Crippen molar-refractivity contribution in [2.75, 3.05) is 0 Å². The Bertz CT molecular complexity index is 164. The minimum Gasteiger partial charge on any atom is -0.524 e. The van der Waals surface area contributed by atoms with Gasteiger partial charge in [0.05, 0.1) is 0 Å². The monoisotopic (exact) mass is 194 g/mol. The molecule has 0 bridgehead atoms. The Hall–Kier alpha value is -0.663. The van der Waals surface area contributed by atoms with Crippen LogP contribution in [0.4, 0.5) is 22.0 Å². The highest BCUT2D eigenvalue weighted by molar-refractivity contribution is 6.06. The molecule has 66 valence electrons. The van der Waals surface area contributed by atoms with Crippen molar-refractivity contribution in [3.63, 3.8) is 0 Å². The van der Waals surface area contributed by atoms with Gasteiger partial charge in [-0.3, -0.25) is 0 Å². The van der Waals surface area contributed by atoms with Crippen LogP contribution in [0.25, 0.3) is 0 Å². The van der Waals surface area contributed by atoms with E-state index in [1.54, 1.807) is 0 Å². The second kappa shape index (κ2) is 2.76. The molecule has 0 aromatic heterocycles. The van der Waals surface area contributed by atoms with Gasteiger partial charge in [0, 0.05) is 0 Å². The van der Waals surface area contributed by atoms with E-state index in [0.29, 0.717) is 0 Å². The molecule has 0 saturated carbocycles. The van der Waals surface area contributed by atoms with Crippen LogP contribution in [0, 0.1) is 0 Å². The summed E-state index contributed by atoms with van der Waals surface area (Å²) in [5.41, 5.74) is 0. The number of rotatable bonds is 1. The van der Waals surface area contributed by atoms with Crippen LogP contribution < -0.4 is 0 Å². The third-order valence-corrected chi connectivity index (χ3v) is 1.17. The average molecular weight is 194 g/mol. The zero-order valence-electron chi connectivity index (χ0n) is 5.21. The molecule has 0 aromatic rings. The highest BCUT2D eigenvalue weighted by atomic mass is 28.2. The Balaban J connectivity index is 4.59. The van der Waals surface area contributed by atoms with E-state index in [9.17, 15) is 26.7 Å². The standard InChI is InChI=1S/C3H3F5O2Si/c4-2(5,1(9)10-11)3(6,7)8/h11H3. The first-order valence-electron chi connectivity index (χ1n) is 2.26. The number of carbonyl (C=O) groups excluding carboxylic acids is 1. The van der Waals surface area contributed by atoms with Crippen LogP contribution in [0.3, 0.4) is 0 Å². The van der Waals surface area contributed by atoms with Crippen molar-refractivity contribution in [2.45, 2.75) is 12.1 Å². The molecule has 0 unspecified atom stereocenters. The molecule has 0 radical (unpaired) electrons. The van der Waals surface area contributed by atoms with Crippen molar-refractivity contribution in [1.29, 1.82) is 0 Å². The Morgan fingerprint density at radius 1 is 1.18 bits per heavy atom. The lowest BCUT2D eigenvalue weighted by Crippen LogP contribution is -2.44. The number of hydrogen-bond acceptors (Lipinski definition) is 2. The van der Waals surface area contributed by atoms with Gasteiger partial charge in [-0.2, -0.15) is 22.0 Å². The first-order valence-corrected chi connectivity index (χ1v) is 3.08. The zero-order chi connectivity index (χ0) is 9.28. The summed E-state index contributed by atoms with van der Waals surface area (Å²) in [6, 6.07) is 0. The molecule has 0 saturated heterocycles. The molecule has 11 heavy (non-hydrogen) atoms. The molecule has 0 aliphatic heterocycles. The van der Waals surface area contributed by atoms with Crippen molar-refractivity contribution in [2.24, 2.45) is 0 Å². The van der Waals surface area contributed by atoms with Crippen LogP contribution in [0.2, 0.25) is 0 Å². The third-order valence-electron chi connectivity index (χ3n) is 0.798. The van der Waals surface area contributed by atoms with E-state index in [1.165, 1.54) is 0 Å². The van der Waals surface area contributed by atoms with Gasteiger partial charge in [0.15, 0.2) is 0 Å². The summed E-state index contributed by atoms with van der Waals surface area (Å²) < 4.78 is 60.6. The minimum absolute atomic E-state index is 0.492. The van der Waals surface area contributed by atoms with Gasteiger partial charge in [-0.05, 0) is 0 Å². The first kappa shape index (κ1) is 10.3. The van der Waals surface area contributed by atoms with Crippen LogP contribution in [-0.4, -0.2) is 28.6 Å². The maximum absolute atomic E-state index is 11.7. The van der Waals surface area contributed by atoms with Crippen LogP contribution in [0.15, 0.2) is 0 Å². The van der Waals surface area contributed by atoms with E-state index in [-0.39, 0.29) is 0 Å². The van der Waals surface area contributed by atoms with Gasteiger partial charge in [0.2, 0.25) is 10.5 Å². The Kier molecular flexibility index (Phi) is 2.59. The molecule has 0 fully saturated rings. The third kappa shape index (κ3) is 1.88. The highest BCUT2D eigenvalue weighted by Gasteiger charge is 2.64. The van der Waals surface area contributed by atoms with E-state index in [4.69, 9.17) is 0 Å². The van der Waals surface area contributed by atoms with Crippen LogP contribution >= 0.6 is 0 Å². The van der Waals surface area contributed by atoms with Crippen molar-refractivity contribution < 1.29 is 31.2 Å². The Morgan fingerprint density at radius 2 is 1.55 bits per heavy atom. The van der Waals surface area contributed by atoms with Gasteiger partial charge >= 0.3 is 18.1 Å². The summed E-state index contributed by atoms with van der Waals surface area (Å²) in [5, 5.41) is 0. The van der Waals surface area contributed by atoms with Gasteiger partial charge in [-0.15, -0.1) is 0 Å². The Morgan fingerprint density at radius 3 is 1.64 bits per heavy atom. The van der Waals surface area contributed by atoms with Gasteiger partial charge in [-0.1, -0.05) is 0 Å². The largest absolute Gasteiger partial charge is 0.524 e. The maximum atomic E-state index is 11.7. The summed E-state index contributed by atoms with van der Waals surface area (Å²) in [7, 11) is -0.492. The molecular formula is C3H3F5O2Si. The SMILES string of the molecule is O=C(O[SiH3])C(F)(F)C(F)(F)F. The number of hydrogen-bond donors (Lipinski definition) is 0. The maximum Gasteiger partial charge on any atom is 0.465 e. The molecule has 8 heteroatoms. The summed E-state index contributed by atoms with van der Waals surface area (Å²) in [6.45, 7) is 0. The molecule has 0 aliphatic rings. The van der Waals surface area contributed by atoms with E-state index < -0.39 is 28.6 Å². The van der Waals surface area contributed by atoms with Crippen molar-refractivity contribution in [3.8, 4) is 0 Å². The molecule has 0 aliphatic carbocycles. The smallest absolute Gasteiger partial charge is 0.465 e. The van der Waals surface area contributed by atoms with Gasteiger partial charge in [0.1, 0.15) is 0 Å². The molecule has 2 nitrogen and oxygen atoms in total.